The highest BCUT2D eigenvalue weighted by Gasteiger charge is 2.34. The lowest BCUT2D eigenvalue weighted by Gasteiger charge is -2.24. The lowest BCUT2D eigenvalue weighted by atomic mass is 10.1. The van der Waals surface area contributed by atoms with Crippen molar-refractivity contribution in [1.29, 1.82) is 0 Å². The minimum absolute atomic E-state index is 0.0304. The monoisotopic (exact) mass is 612 g/mol. The van der Waals surface area contributed by atoms with Gasteiger partial charge < -0.3 is 24.9 Å². The van der Waals surface area contributed by atoms with E-state index in [1.807, 2.05) is 17.5 Å². The summed E-state index contributed by atoms with van der Waals surface area (Å²) >= 11 is 1.54. The van der Waals surface area contributed by atoms with Gasteiger partial charge in [0.15, 0.2) is 0 Å². The number of benzene rings is 2. The molecule has 6 rings (SSSR count). The maximum Gasteiger partial charge on any atom is 0.248 e. The fourth-order valence-corrected chi connectivity index (χ4v) is 6.41. The van der Waals surface area contributed by atoms with Crippen LogP contribution in [0.2, 0.25) is 0 Å². The van der Waals surface area contributed by atoms with Gasteiger partial charge in [-0.05, 0) is 85.7 Å². The molecule has 2 N–H and O–H groups in total. The number of rotatable bonds is 8. The molecule has 2 aromatic heterocycles. The van der Waals surface area contributed by atoms with E-state index in [-0.39, 0.29) is 23.6 Å². The molecule has 2 atom stereocenters. The first kappa shape index (κ1) is 29.2. The number of nitrogens with one attached hydrogen (secondary N) is 2. The first-order valence-corrected chi connectivity index (χ1v) is 15.5. The van der Waals surface area contributed by atoms with E-state index < -0.39 is 12.1 Å². The quantitative estimate of drug-likeness (QED) is 0.297. The maximum atomic E-state index is 13.1. The fraction of sp³-hybridized carbons (Fsp3) is 0.312. The van der Waals surface area contributed by atoms with Crippen molar-refractivity contribution in [2.75, 3.05) is 23.7 Å². The Kier molecular flexibility index (Phi) is 8.51. The summed E-state index contributed by atoms with van der Waals surface area (Å²) in [6.07, 6.45) is 3.20. The summed E-state index contributed by atoms with van der Waals surface area (Å²) in [5, 5.41) is 16.1. The van der Waals surface area contributed by atoms with Crippen molar-refractivity contribution in [3.63, 3.8) is 0 Å². The number of hydrogen-bond donors (Lipinski definition) is 2. The second-order valence-corrected chi connectivity index (χ2v) is 11.9. The zero-order valence-corrected chi connectivity index (χ0v) is 25.0. The average Bonchev–Trinajstić information content (AvgIpc) is 3.85. The molecular formula is C32H32N6O5S. The predicted octanol–water partition coefficient (Wildman–Crippen LogP) is 4.59. The highest BCUT2D eigenvalue weighted by atomic mass is 32.1. The van der Waals surface area contributed by atoms with Gasteiger partial charge in [-0.15, -0.1) is 21.5 Å². The van der Waals surface area contributed by atoms with Crippen molar-refractivity contribution < 1.29 is 23.6 Å². The number of nitrogens with zero attached hydrogens (tertiary/aromatic N) is 4. The van der Waals surface area contributed by atoms with Crippen molar-refractivity contribution in [1.82, 2.24) is 20.0 Å². The number of aromatic nitrogens is 2. The molecule has 0 spiro atoms. The Labute approximate surface area is 258 Å². The van der Waals surface area contributed by atoms with Gasteiger partial charge in [0.2, 0.25) is 35.4 Å². The van der Waals surface area contributed by atoms with Crippen molar-refractivity contribution in [2.24, 2.45) is 0 Å². The number of anilines is 2. The summed E-state index contributed by atoms with van der Waals surface area (Å²) in [5.74, 6) is 0.113. The number of hydrogen-bond acceptors (Lipinski definition) is 8. The Bertz CT molecular complexity index is 1650. The molecule has 0 aliphatic carbocycles. The molecule has 2 aliphatic heterocycles. The predicted molar refractivity (Wildman–Crippen MR) is 166 cm³/mol. The zero-order chi connectivity index (χ0) is 30.6. The number of carbonyl (C=O) groups excluding carboxylic acids is 4. The smallest absolute Gasteiger partial charge is 0.248 e. The van der Waals surface area contributed by atoms with Crippen LogP contribution in [0, 0.1) is 0 Å². The minimum atomic E-state index is -0.488. The van der Waals surface area contributed by atoms with Gasteiger partial charge in [-0.3, -0.25) is 19.2 Å². The van der Waals surface area contributed by atoms with Gasteiger partial charge >= 0.3 is 0 Å². The van der Waals surface area contributed by atoms with Crippen LogP contribution >= 0.6 is 11.3 Å². The summed E-state index contributed by atoms with van der Waals surface area (Å²) < 4.78 is 5.90. The molecule has 2 aromatic carbocycles. The van der Waals surface area contributed by atoms with Crippen LogP contribution in [-0.4, -0.2) is 68.8 Å². The molecule has 4 heterocycles. The number of likely N-dealkylation sites (tertiary alicyclic amines) is 2. The van der Waals surface area contributed by atoms with Gasteiger partial charge in [-0.1, -0.05) is 6.07 Å². The average molecular weight is 613 g/mol. The first-order chi connectivity index (χ1) is 21.4. The van der Waals surface area contributed by atoms with Crippen molar-refractivity contribution in [2.45, 2.75) is 51.1 Å². The lowest BCUT2D eigenvalue weighted by Crippen LogP contribution is -2.43. The second kappa shape index (κ2) is 12.8. The third kappa shape index (κ3) is 6.40. The lowest BCUT2D eigenvalue weighted by molar-refractivity contribution is -0.136. The molecule has 11 nitrogen and oxygen atoms in total. The largest absolute Gasteiger partial charge is 0.416 e. The Balaban J connectivity index is 1.05. The molecule has 0 bridgehead atoms. The summed E-state index contributed by atoms with van der Waals surface area (Å²) in [5.41, 5.74) is 2.59. The second-order valence-electron chi connectivity index (χ2n) is 10.9. The van der Waals surface area contributed by atoms with Crippen LogP contribution in [0.15, 0.2) is 70.5 Å². The molecule has 4 amide bonds. The maximum absolute atomic E-state index is 13.1. The first-order valence-electron chi connectivity index (χ1n) is 14.6. The van der Waals surface area contributed by atoms with Crippen LogP contribution in [0.5, 0.6) is 0 Å². The summed E-state index contributed by atoms with van der Waals surface area (Å²) in [7, 11) is 0. The van der Waals surface area contributed by atoms with Crippen LogP contribution in [0.3, 0.4) is 0 Å². The molecule has 226 valence electrons. The molecule has 2 saturated heterocycles. The van der Waals surface area contributed by atoms with E-state index in [2.05, 4.69) is 20.8 Å². The van der Waals surface area contributed by atoms with Crippen LogP contribution in [0.1, 0.15) is 37.5 Å². The molecule has 0 saturated carbocycles. The number of amides is 4. The van der Waals surface area contributed by atoms with Crippen LogP contribution in [-0.2, 0) is 25.6 Å². The van der Waals surface area contributed by atoms with E-state index in [1.54, 1.807) is 58.3 Å². The van der Waals surface area contributed by atoms with Crippen molar-refractivity contribution in [3.8, 4) is 22.9 Å². The highest BCUT2D eigenvalue weighted by molar-refractivity contribution is 7.10. The van der Waals surface area contributed by atoms with E-state index >= 15 is 0 Å². The Morgan fingerprint density at radius 3 is 1.82 bits per heavy atom. The van der Waals surface area contributed by atoms with Gasteiger partial charge in [0, 0.05) is 47.4 Å². The Morgan fingerprint density at radius 1 is 0.795 bits per heavy atom. The van der Waals surface area contributed by atoms with Gasteiger partial charge in [-0.25, -0.2) is 0 Å². The van der Waals surface area contributed by atoms with E-state index in [1.165, 1.54) is 18.3 Å². The normalized spacial score (nSPS) is 17.9. The van der Waals surface area contributed by atoms with Crippen LogP contribution in [0.4, 0.5) is 11.4 Å². The molecule has 0 radical (unpaired) electrons. The van der Waals surface area contributed by atoms with E-state index in [0.29, 0.717) is 66.6 Å². The molecule has 44 heavy (non-hydrogen) atoms. The highest BCUT2D eigenvalue weighted by Crippen LogP contribution is 2.27. The van der Waals surface area contributed by atoms with E-state index in [0.717, 1.165) is 17.7 Å². The number of carbonyl (C=O) groups is 4. The number of thiophene rings is 1. The third-order valence-electron chi connectivity index (χ3n) is 7.97. The van der Waals surface area contributed by atoms with Gasteiger partial charge in [0.1, 0.15) is 12.1 Å². The van der Waals surface area contributed by atoms with Gasteiger partial charge in [0.05, 0.1) is 6.42 Å². The molecule has 4 aromatic rings. The van der Waals surface area contributed by atoms with Gasteiger partial charge in [0.25, 0.3) is 0 Å². The molecule has 12 heteroatoms. The third-order valence-corrected chi connectivity index (χ3v) is 8.84. The standard InChI is InChI=1S/C32H32N6O5S/c1-20(39)37-16-2-6-26(37)29(41)33-23-12-8-21(9-13-23)31-35-36-32(43-31)22-10-14-24(15-11-22)34-30(42)27-7-3-17-38(27)28(40)19-25-5-4-18-44-25/h4-5,8-15,18,26-27H,2-3,6-7,16-17,19H2,1H3,(H,33,41)(H,34,42)/t26?,27-/m0/s1. The summed E-state index contributed by atoms with van der Waals surface area (Å²) in [6, 6.07) is 17.1. The zero-order valence-electron chi connectivity index (χ0n) is 24.2. The van der Waals surface area contributed by atoms with Crippen LogP contribution in [0.25, 0.3) is 22.9 Å². The Hall–Kier alpha value is -4.84. The van der Waals surface area contributed by atoms with Crippen LogP contribution < -0.4 is 10.6 Å². The van der Waals surface area contributed by atoms with Gasteiger partial charge in [-0.2, -0.15) is 0 Å². The summed E-state index contributed by atoms with van der Waals surface area (Å²) in [4.78, 5) is 54.7. The molecule has 1 unspecified atom stereocenters. The van der Waals surface area contributed by atoms with E-state index in [4.69, 9.17) is 4.42 Å². The van der Waals surface area contributed by atoms with E-state index in [9.17, 15) is 19.2 Å². The van der Waals surface area contributed by atoms with Crippen molar-refractivity contribution in [3.05, 3.63) is 70.9 Å². The molecule has 2 fully saturated rings. The Morgan fingerprint density at radius 2 is 1.32 bits per heavy atom. The van der Waals surface area contributed by atoms with Crippen molar-refractivity contribution >= 4 is 46.3 Å². The fourth-order valence-electron chi connectivity index (χ4n) is 5.72. The molecule has 2 aliphatic rings. The topological polar surface area (TPSA) is 138 Å². The SMILES string of the molecule is CC(=O)N1CCCC1C(=O)Nc1ccc(-c2nnc(-c3ccc(NC(=O)[C@@H]4CCCN4C(=O)Cc4cccs4)cc3)o2)cc1. The summed E-state index contributed by atoms with van der Waals surface area (Å²) in [6.45, 7) is 2.66. The minimum Gasteiger partial charge on any atom is -0.416 e. The molecular weight excluding hydrogens is 580 g/mol.